The van der Waals surface area contributed by atoms with Crippen LogP contribution in [0.25, 0.3) is 0 Å². The van der Waals surface area contributed by atoms with Gasteiger partial charge >= 0.3 is 0 Å². The lowest BCUT2D eigenvalue weighted by molar-refractivity contribution is 0.0778. The smallest absolute Gasteiger partial charge is 0.274 e. The van der Waals surface area contributed by atoms with Gasteiger partial charge < -0.3 is 10.2 Å². The minimum atomic E-state index is -0.175. The number of hydrogen-bond acceptors (Lipinski definition) is 5. The Balaban J connectivity index is 2.05. The summed E-state index contributed by atoms with van der Waals surface area (Å²) in [6.45, 7) is 0.477. The van der Waals surface area contributed by atoms with Crippen LogP contribution in [-0.4, -0.2) is 45.3 Å². The standard InChI is InChI=1S/C11H14N6O/c1-12-10-4-3-9(15-16-10)11(18)17(2)7-8-5-13-14-6-8/h3-6H,7H2,1-2H3,(H,12,16)(H,13,14). The molecule has 18 heavy (non-hydrogen) atoms. The molecule has 1 amide bonds. The molecule has 0 aliphatic heterocycles. The van der Waals surface area contributed by atoms with Gasteiger partial charge in [-0.2, -0.15) is 5.10 Å². The van der Waals surface area contributed by atoms with Crippen LogP contribution in [0.3, 0.4) is 0 Å². The molecule has 0 spiro atoms. The largest absolute Gasteiger partial charge is 0.372 e. The highest BCUT2D eigenvalue weighted by Crippen LogP contribution is 2.06. The molecule has 0 fully saturated rings. The number of aromatic amines is 1. The highest BCUT2D eigenvalue weighted by molar-refractivity contribution is 5.92. The Labute approximate surface area is 104 Å². The summed E-state index contributed by atoms with van der Waals surface area (Å²) < 4.78 is 0. The van der Waals surface area contributed by atoms with Crippen LogP contribution in [0.5, 0.6) is 0 Å². The maximum atomic E-state index is 12.0. The fraction of sp³-hybridized carbons (Fsp3) is 0.273. The zero-order valence-corrected chi connectivity index (χ0v) is 10.2. The number of aromatic nitrogens is 4. The van der Waals surface area contributed by atoms with Crippen molar-refractivity contribution in [2.45, 2.75) is 6.54 Å². The van der Waals surface area contributed by atoms with Crippen molar-refractivity contribution < 1.29 is 4.79 Å². The van der Waals surface area contributed by atoms with Crippen LogP contribution in [-0.2, 0) is 6.54 Å². The quantitative estimate of drug-likeness (QED) is 0.821. The van der Waals surface area contributed by atoms with Crippen molar-refractivity contribution in [1.29, 1.82) is 0 Å². The van der Waals surface area contributed by atoms with Crippen LogP contribution in [0, 0.1) is 0 Å². The van der Waals surface area contributed by atoms with Gasteiger partial charge in [-0.3, -0.25) is 9.89 Å². The van der Waals surface area contributed by atoms with Crippen molar-refractivity contribution >= 4 is 11.7 Å². The topological polar surface area (TPSA) is 86.8 Å². The summed E-state index contributed by atoms with van der Waals surface area (Å²) in [5.41, 5.74) is 1.26. The number of carbonyl (C=O) groups is 1. The van der Waals surface area contributed by atoms with Gasteiger partial charge in [-0.1, -0.05) is 0 Å². The lowest BCUT2D eigenvalue weighted by atomic mass is 10.3. The van der Waals surface area contributed by atoms with E-state index in [1.165, 1.54) is 0 Å². The van der Waals surface area contributed by atoms with Crippen molar-refractivity contribution in [2.75, 3.05) is 19.4 Å². The number of nitrogens with one attached hydrogen (secondary N) is 2. The zero-order valence-electron chi connectivity index (χ0n) is 10.2. The molecule has 0 aromatic carbocycles. The third-order valence-corrected chi connectivity index (χ3v) is 2.46. The van der Waals surface area contributed by atoms with Crippen LogP contribution in [0.2, 0.25) is 0 Å². The van der Waals surface area contributed by atoms with Crippen molar-refractivity contribution in [1.82, 2.24) is 25.3 Å². The Kier molecular flexibility index (Phi) is 3.52. The zero-order chi connectivity index (χ0) is 13.0. The third-order valence-electron chi connectivity index (χ3n) is 2.46. The molecule has 7 nitrogen and oxygen atoms in total. The molecule has 0 bridgehead atoms. The summed E-state index contributed by atoms with van der Waals surface area (Å²) in [6.07, 6.45) is 3.43. The van der Waals surface area contributed by atoms with Crippen molar-refractivity contribution in [2.24, 2.45) is 0 Å². The van der Waals surface area contributed by atoms with E-state index >= 15 is 0 Å². The van der Waals surface area contributed by atoms with E-state index in [4.69, 9.17) is 0 Å². The van der Waals surface area contributed by atoms with E-state index in [2.05, 4.69) is 25.7 Å². The second-order valence-corrected chi connectivity index (χ2v) is 3.82. The first-order valence-corrected chi connectivity index (χ1v) is 5.45. The highest BCUT2D eigenvalue weighted by atomic mass is 16.2. The summed E-state index contributed by atoms with van der Waals surface area (Å²) in [4.78, 5) is 13.6. The minimum absolute atomic E-state index is 0.175. The molecule has 2 rings (SSSR count). The first kappa shape index (κ1) is 12.0. The van der Waals surface area contributed by atoms with Crippen molar-refractivity contribution in [3.05, 3.63) is 35.8 Å². The van der Waals surface area contributed by atoms with E-state index in [-0.39, 0.29) is 5.91 Å². The maximum Gasteiger partial charge on any atom is 0.274 e. The summed E-state index contributed by atoms with van der Waals surface area (Å²) in [5, 5.41) is 17.1. The predicted octanol–water partition coefficient (Wildman–Crippen LogP) is 0.514. The Morgan fingerprint density at radius 3 is 2.83 bits per heavy atom. The van der Waals surface area contributed by atoms with Gasteiger partial charge in [0.1, 0.15) is 5.82 Å². The summed E-state index contributed by atoms with van der Waals surface area (Å²) in [7, 11) is 3.46. The van der Waals surface area contributed by atoms with Gasteiger partial charge in [0.2, 0.25) is 0 Å². The normalized spacial score (nSPS) is 10.1. The molecule has 94 valence electrons. The summed E-state index contributed by atoms with van der Waals surface area (Å²) in [5.74, 6) is 0.454. The van der Waals surface area contributed by atoms with E-state index in [0.717, 1.165) is 5.56 Å². The van der Waals surface area contributed by atoms with Gasteiger partial charge in [-0.15, -0.1) is 10.2 Å². The maximum absolute atomic E-state index is 12.0. The minimum Gasteiger partial charge on any atom is -0.372 e. The van der Waals surface area contributed by atoms with Crippen LogP contribution in [0.15, 0.2) is 24.5 Å². The van der Waals surface area contributed by atoms with Gasteiger partial charge in [0, 0.05) is 32.4 Å². The second-order valence-electron chi connectivity index (χ2n) is 3.82. The molecule has 7 heteroatoms. The summed E-state index contributed by atoms with van der Waals surface area (Å²) >= 11 is 0. The molecule has 0 saturated heterocycles. The predicted molar refractivity (Wildman–Crippen MR) is 66.0 cm³/mol. The number of nitrogens with zero attached hydrogens (tertiary/aromatic N) is 4. The molecule has 2 heterocycles. The molecule has 2 N–H and O–H groups in total. The van der Waals surface area contributed by atoms with E-state index in [9.17, 15) is 4.79 Å². The molecule has 0 aliphatic carbocycles. The number of anilines is 1. The third kappa shape index (κ3) is 2.62. The van der Waals surface area contributed by atoms with E-state index in [0.29, 0.717) is 18.1 Å². The van der Waals surface area contributed by atoms with Gasteiger partial charge in [0.25, 0.3) is 5.91 Å². The lowest BCUT2D eigenvalue weighted by Gasteiger charge is -2.15. The Bertz CT molecular complexity index is 507. The monoisotopic (exact) mass is 246 g/mol. The van der Waals surface area contributed by atoms with Gasteiger partial charge in [0.05, 0.1) is 6.20 Å². The summed E-state index contributed by atoms with van der Waals surface area (Å²) in [6, 6.07) is 3.36. The molecule has 0 radical (unpaired) electrons. The number of rotatable bonds is 4. The molecule has 2 aromatic heterocycles. The van der Waals surface area contributed by atoms with Crippen LogP contribution >= 0.6 is 0 Å². The van der Waals surface area contributed by atoms with Crippen LogP contribution < -0.4 is 5.32 Å². The number of amides is 1. The molecule has 0 aliphatic rings. The van der Waals surface area contributed by atoms with Crippen molar-refractivity contribution in [3.8, 4) is 0 Å². The Morgan fingerprint density at radius 2 is 2.28 bits per heavy atom. The van der Waals surface area contributed by atoms with Crippen LogP contribution in [0.1, 0.15) is 16.1 Å². The molecule has 0 saturated carbocycles. The molecular formula is C11H14N6O. The molecule has 0 atom stereocenters. The molecule has 2 aromatic rings. The first-order chi connectivity index (χ1) is 8.70. The molecule has 0 unspecified atom stereocenters. The fourth-order valence-electron chi connectivity index (χ4n) is 1.48. The second kappa shape index (κ2) is 5.26. The van der Waals surface area contributed by atoms with Crippen LogP contribution in [0.4, 0.5) is 5.82 Å². The molecular weight excluding hydrogens is 232 g/mol. The Morgan fingerprint density at radius 1 is 1.44 bits per heavy atom. The van der Waals surface area contributed by atoms with Gasteiger partial charge in [-0.05, 0) is 12.1 Å². The number of carbonyl (C=O) groups excluding carboxylic acids is 1. The first-order valence-electron chi connectivity index (χ1n) is 5.45. The van der Waals surface area contributed by atoms with Gasteiger partial charge in [-0.25, -0.2) is 0 Å². The van der Waals surface area contributed by atoms with Crippen molar-refractivity contribution in [3.63, 3.8) is 0 Å². The number of hydrogen-bond donors (Lipinski definition) is 2. The average molecular weight is 246 g/mol. The van der Waals surface area contributed by atoms with Gasteiger partial charge in [0.15, 0.2) is 5.69 Å². The lowest BCUT2D eigenvalue weighted by Crippen LogP contribution is -2.27. The fourth-order valence-corrected chi connectivity index (χ4v) is 1.48. The number of H-pyrrole nitrogens is 1. The van der Waals surface area contributed by atoms with E-state index in [1.807, 2.05) is 0 Å². The average Bonchev–Trinajstić information content (AvgIpc) is 2.91. The highest BCUT2D eigenvalue weighted by Gasteiger charge is 2.14. The Hall–Kier alpha value is -2.44. The SMILES string of the molecule is CNc1ccc(C(=O)N(C)Cc2cn[nH]c2)nn1. The van der Waals surface area contributed by atoms with E-state index < -0.39 is 0 Å². The van der Waals surface area contributed by atoms with E-state index in [1.54, 1.807) is 43.5 Å².